The van der Waals surface area contributed by atoms with Crippen molar-refractivity contribution in [2.24, 2.45) is 0 Å². The van der Waals surface area contributed by atoms with Crippen LogP contribution in [0.3, 0.4) is 0 Å². The Morgan fingerprint density at radius 2 is 2.00 bits per heavy atom. The van der Waals surface area contributed by atoms with E-state index < -0.39 is 5.60 Å². The zero-order valence-electron chi connectivity index (χ0n) is 12.2. The molecule has 0 saturated carbocycles. The number of para-hydroxylation sites is 1. The summed E-state index contributed by atoms with van der Waals surface area (Å²) < 4.78 is 10.9. The number of nitrogens with zero attached hydrogens (tertiary/aromatic N) is 2. The molecule has 0 fully saturated rings. The van der Waals surface area contributed by atoms with Gasteiger partial charge in [0.25, 0.3) is 0 Å². The number of anilines is 1. The number of benzene rings is 1. The molecule has 0 radical (unpaired) electrons. The van der Waals surface area contributed by atoms with Gasteiger partial charge in [-0.15, -0.1) is 0 Å². The highest BCUT2D eigenvalue weighted by molar-refractivity contribution is 5.42. The van der Waals surface area contributed by atoms with E-state index in [9.17, 15) is 0 Å². The summed E-state index contributed by atoms with van der Waals surface area (Å²) in [5.74, 6) is 1.21. The molecule has 0 bridgehead atoms. The van der Waals surface area contributed by atoms with Crippen LogP contribution in [0.1, 0.15) is 32.5 Å². The third-order valence-corrected chi connectivity index (χ3v) is 2.95. The van der Waals surface area contributed by atoms with Crippen molar-refractivity contribution in [3.05, 3.63) is 42.0 Å². The minimum Gasteiger partial charge on any atom is -0.385 e. The van der Waals surface area contributed by atoms with Crippen LogP contribution in [0, 0.1) is 0 Å². The predicted molar refractivity (Wildman–Crippen MR) is 77.6 cm³/mol. The van der Waals surface area contributed by atoms with Crippen LogP contribution in [-0.4, -0.2) is 23.3 Å². The Morgan fingerprint density at radius 3 is 2.70 bits per heavy atom. The maximum atomic E-state index is 5.60. The minimum atomic E-state index is -0.511. The van der Waals surface area contributed by atoms with Gasteiger partial charge in [0.2, 0.25) is 11.7 Å². The predicted octanol–water partition coefficient (Wildman–Crippen LogP) is 3.00. The van der Waals surface area contributed by atoms with Crippen molar-refractivity contribution < 1.29 is 9.26 Å². The number of ether oxygens (including phenoxy) is 1. The highest BCUT2D eigenvalue weighted by Crippen LogP contribution is 2.21. The topological polar surface area (TPSA) is 60.2 Å². The lowest BCUT2D eigenvalue weighted by Crippen LogP contribution is -2.23. The Labute approximate surface area is 119 Å². The summed E-state index contributed by atoms with van der Waals surface area (Å²) in [4.78, 5) is 4.39. The largest absolute Gasteiger partial charge is 0.385 e. The Kier molecular flexibility index (Phi) is 4.74. The summed E-state index contributed by atoms with van der Waals surface area (Å²) in [7, 11) is 0. The van der Waals surface area contributed by atoms with Crippen molar-refractivity contribution in [3.8, 4) is 0 Å². The fourth-order valence-electron chi connectivity index (χ4n) is 1.90. The van der Waals surface area contributed by atoms with Gasteiger partial charge in [0.05, 0.1) is 0 Å². The Balaban J connectivity index is 1.87. The van der Waals surface area contributed by atoms with E-state index in [4.69, 9.17) is 9.26 Å². The average molecular weight is 275 g/mol. The van der Waals surface area contributed by atoms with Gasteiger partial charge >= 0.3 is 0 Å². The number of hydrogen-bond donors (Lipinski definition) is 1. The fourth-order valence-corrected chi connectivity index (χ4v) is 1.90. The summed E-state index contributed by atoms with van der Waals surface area (Å²) in [5.41, 5.74) is 0.575. The molecule has 0 aliphatic carbocycles. The highest BCUT2D eigenvalue weighted by Gasteiger charge is 2.26. The zero-order chi connectivity index (χ0) is 14.4. The van der Waals surface area contributed by atoms with Crippen LogP contribution in [0.25, 0.3) is 0 Å². The highest BCUT2D eigenvalue weighted by atomic mass is 16.5. The lowest BCUT2D eigenvalue weighted by Gasteiger charge is -2.19. The van der Waals surface area contributed by atoms with Crippen molar-refractivity contribution >= 4 is 5.69 Å². The Bertz CT molecular complexity index is 523. The second-order valence-corrected chi connectivity index (χ2v) is 5.00. The van der Waals surface area contributed by atoms with Crippen LogP contribution in [0.4, 0.5) is 5.69 Å². The van der Waals surface area contributed by atoms with E-state index in [-0.39, 0.29) is 0 Å². The second-order valence-electron chi connectivity index (χ2n) is 5.00. The molecule has 0 unspecified atom stereocenters. The molecule has 0 aliphatic heterocycles. The summed E-state index contributed by atoms with van der Waals surface area (Å²) in [6.07, 6.45) is 0.685. The van der Waals surface area contributed by atoms with E-state index in [1.165, 1.54) is 0 Å². The Hall–Kier alpha value is -1.88. The molecule has 1 N–H and O–H groups in total. The molecule has 108 valence electrons. The van der Waals surface area contributed by atoms with E-state index in [0.29, 0.717) is 24.7 Å². The van der Waals surface area contributed by atoms with E-state index >= 15 is 0 Å². The molecule has 5 heteroatoms. The average Bonchev–Trinajstić information content (AvgIpc) is 2.90. The molecule has 0 aliphatic rings. The van der Waals surface area contributed by atoms with Gasteiger partial charge < -0.3 is 14.6 Å². The molecule has 0 amide bonds. The summed E-state index contributed by atoms with van der Waals surface area (Å²) in [5, 5.41) is 7.30. The van der Waals surface area contributed by atoms with Crippen LogP contribution < -0.4 is 5.32 Å². The SMILES string of the molecule is CCOC(C)(C)c1noc(CCNc2ccccc2)n1. The summed E-state index contributed by atoms with van der Waals surface area (Å²) in [6, 6.07) is 10.0. The molecule has 0 atom stereocenters. The first-order chi connectivity index (χ1) is 9.62. The molecule has 1 aromatic carbocycles. The first-order valence-corrected chi connectivity index (χ1v) is 6.88. The van der Waals surface area contributed by atoms with E-state index in [0.717, 1.165) is 12.2 Å². The molecule has 1 heterocycles. The molecular weight excluding hydrogens is 254 g/mol. The van der Waals surface area contributed by atoms with Gasteiger partial charge in [-0.3, -0.25) is 0 Å². The van der Waals surface area contributed by atoms with Gasteiger partial charge in [-0.1, -0.05) is 23.4 Å². The fraction of sp³-hybridized carbons (Fsp3) is 0.467. The number of nitrogens with one attached hydrogen (secondary N) is 1. The van der Waals surface area contributed by atoms with E-state index in [1.807, 2.05) is 51.1 Å². The second kappa shape index (κ2) is 6.52. The molecule has 1 aromatic heterocycles. The Morgan fingerprint density at radius 1 is 1.25 bits per heavy atom. The van der Waals surface area contributed by atoms with E-state index in [2.05, 4.69) is 15.5 Å². The maximum absolute atomic E-state index is 5.60. The molecular formula is C15H21N3O2. The lowest BCUT2D eigenvalue weighted by atomic mass is 10.1. The van der Waals surface area contributed by atoms with Gasteiger partial charge in [0, 0.05) is 25.3 Å². The van der Waals surface area contributed by atoms with Crippen LogP contribution in [0.2, 0.25) is 0 Å². The summed E-state index contributed by atoms with van der Waals surface area (Å²) >= 11 is 0. The van der Waals surface area contributed by atoms with Crippen LogP contribution in [0.5, 0.6) is 0 Å². The molecule has 20 heavy (non-hydrogen) atoms. The quantitative estimate of drug-likeness (QED) is 0.841. The minimum absolute atomic E-state index is 0.511. The normalized spacial score (nSPS) is 11.6. The summed E-state index contributed by atoms with van der Waals surface area (Å²) in [6.45, 7) is 7.19. The molecule has 2 rings (SSSR count). The smallest absolute Gasteiger partial charge is 0.228 e. The van der Waals surface area contributed by atoms with Crippen LogP contribution in [0.15, 0.2) is 34.9 Å². The van der Waals surface area contributed by atoms with Crippen LogP contribution in [-0.2, 0) is 16.8 Å². The molecule has 0 spiro atoms. The number of hydrogen-bond acceptors (Lipinski definition) is 5. The van der Waals surface area contributed by atoms with E-state index in [1.54, 1.807) is 0 Å². The van der Waals surface area contributed by atoms with Crippen molar-refractivity contribution in [1.82, 2.24) is 10.1 Å². The first kappa shape index (κ1) is 14.5. The van der Waals surface area contributed by atoms with Crippen LogP contribution >= 0.6 is 0 Å². The molecule has 2 aromatic rings. The number of rotatable bonds is 7. The van der Waals surface area contributed by atoms with Gasteiger partial charge in [-0.05, 0) is 32.9 Å². The third kappa shape index (κ3) is 3.81. The maximum Gasteiger partial charge on any atom is 0.228 e. The number of aromatic nitrogens is 2. The van der Waals surface area contributed by atoms with Gasteiger partial charge in [0.1, 0.15) is 5.60 Å². The standard InChI is InChI=1S/C15H21N3O2/c1-4-19-15(2,3)14-17-13(20-18-14)10-11-16-12-8-6-5-7-9-12/h5-9,16H,4,10-11H2,1-3H3. The van der Waals surface area contributed by atoms with Crippen molar-refractivity contribution in [3.63, 3.8) is 0 Å². The first-order valence-electron chi connectivity index (χ1n) is 6.88. The van der Waals surface area contributed by atoms with Crippen molar-refractivity contribution in [2.45, 2.75) is 32.8 Å². The zero-order valence-corrected chi connectivity index (χ0v) is 12.2. The monoisotopic (exact) mass is 275 g/mol. The van der Waals surface area contributed by atoms with Gasteiger partial charge in [-0.25, -0.2) is 0 Å². The van der Waals surface area contributed by atoms with Gasteiger partial charge in [0.15, 0.2) is 0 Å². The molecule has 0 saturated heterocycles. The van der Waals surface area contributed by atoms with Crippen molar-refractivity contribution in [1.29, 1.82) is 0 Å². The molecule has 5 nitrogen and oxygen atoms in total. The van der Waals surface area contributed by atoms with Gasteiger partial charge in [-0.2, -0.15) is 4.98 Å². The van der Waals surface area contributed by atoms with Crippen molar-refractivity contribution in [2.75, 3.05) is 18.5 Å². The third-order valence-electron chi connectivity index (χ3n) is 2.95. The lowest BCUT2D eigenvalue weighted by molar-refractivity contribution is -0.0221.